The number of nitrogens with zero attached hydrogens (tertiary/aromatic N) is 1. The maximum atomic E-state index is 10.7. The lowest BCUT2D eigenvalue weighted by Gasteiger charge is -1.94. The Balaban J connectivity index is 2.26. The third-order valence-electron chi connectivity index (χ3n) is 1.20. The maximum Gasteiger partial charge on any atom is 0.230 e. The number of hydrogen-bond acceptors (Lipinski definition) is 2. The van der Waals surface area contributed by atoms with Crippen molar-refractivity contribution in [3.63, 3.8) is 0 Å². The third kappa shape index (κ3) is 1.83. The predicted octanol–water partition coefficient (Wildman–Crippen LogP) is -0.192. The number of hydrogen-bond donors (Lipinski definition) is 0. The third-order valence-corrected chi connectivity index (χ3v) is 1.20. The molecule has 3 heteroatoms. The van der Waals surface area contributed by atoms with Crippen LogP contribution in [-0.4, -0.2) is 29.7 Å². The maximum absolute atomic E-state index is 10.7. The molecule has 1 aliphatic heterocycles. The van der Waals surface area contributed by atoms with Crippen molar-refractivity contribution in [3.05, 3.63) is 0 Å². The molecule has 0 unspecified atom stereocenters. The molecule has 0 aromatic heterocycles. The average Bonchev–Trinajstić information content (AvgIpc) is 2.40. The fraction of sp³-hybridized carbons (Fsp3) is 0.667. The van der Waals surface area contributed by atoms with Gasteiger partial charge in [0, 0.05) is 13.1 Å². The quantitative estimate of drug-likeness (QED) is 0.381. The molecule has 0 aliphatic carbocycles. The summed E-state index contributed by atoms with van der Waals surface area (Å²) < 4.78 is 0. The first kappa shape index (κ1) is 6.26. The molecule has 0 bridgehead atoms. The Morgan fingerprint density at radius 2 is 2.00 bits per heavy atom. The van der Waals surface area contributed by atoms with E-state index < -0.39 is 0 Å². The monoisotopic (exact) mass is 127 g/mol. The number of carbonyl (C=O) groups excluding carboxylic acids is 2. The Kier molecular flexibility index (Phi) is 1.51. The number of Topliss-reactive ketones (excluding diaryl/α,β-unsaturated/α-hetero) is 1. The molecule has 1 fully saturated rings. The Morgan fingerprint density at radius 1 is 1.44 bits per heavy atom. The largest absolute Gasteiger partial charge is 0.339 e. The van der Waals surface area contributed by atoms with E-state index in [1.54, 1.807) is 4.90 Å². The van der Waals surface area contributed by atoms with E-state index in [0.29, 0.717) is 0 Å². The smallest absolute Gasteiger partial charge is 0.230 e. The summed E-state index contributed by atoms with van der Waals surface area (Å²) in [6.07, 6.45) is 0.0833. The van der Waals surface area contributed by atoms with E-state index in [1.807, 2.05) is 0 Å². The predicted molar refractivity (Wildman–Crippen MR) is 31.9 cm³/mol. The summed E-state index contributed by atoms with van der Waals surface area (Å²) in [4.78, 5) is 22.7. The summed E-state index contributed by atoms with van der Waals surface area (Å²) in [6.45, 7) is 3.11. The van der Waals surface area contributed by atoms with Gasteiger partial charge in [0.25, 0.3) is 0 Å². The van der Waals surface area contributed by atoms with Gasteiger partial charge in [0.15, 0.2) is 0 Å². The van der Waals surface area contributed by atoms with Gasteiger partial charge in [0.2, 0.25) is 5.91 Å². The van der Waals surface area contributed by atoms with Crippen LogP contribution in [0.25, 0.3) is 0 Å². The van der Waals surface area contributed by atoms with Crippen molar-refractivity contribution < 1.29 is 9.59 Å². The van der Waals surface area contributed by atoms with Gasteiger partial charge in [-0.15, -0.1) is 0 Å². The molecule has 0 aromatic rings. The summed E-state index contributed by atoms with van der Waals surface area (Å²) in [5.41, 5.74) is 0. The van der Waals surface area contributed by atoms with Crippen molar-refractivity contribution in [2.24, 2.45) is 0 Å². The lowest BCUT2D eigenvalue weighted by Crippen LogP contribution is -2.13. The summed E-state index contributed by atoms with van der Waals surface area (Å²) >= 11 is 0. The normalized spacial score (nSPS) is 15.4. The van der Waals surface area contributed by atoms with Gasteiger partial charge in [-0.3, -0.25) is 9.59 Å². The van der Waals surface area contributed by atoms with Gasteiger partial charge in [-0.25, -0.2) is 0 Å². The molecule has 1 rings (SSSR count). The van der Waals surface area contributed by atoms with Crippen molar-refractivity contribution in [2.45, 2.75) is 13.3 Å². The van der Waals surface area contributed by atoms with Gasteiger partial charge in [-0.05, 0) is 6.92 Å². The highest BCUT2D eigenvalue weighted by molar-refractivity contribution is 5.97. The first-order chi connectivity index (χ1) is 4.20. The second-order valence-electron chi connectivity index (χ2n) is 2.26. The summed E-state index contributed by atoms with van der Waals surface area (Å²) in [5, 5.41) is 0. The minimum Gasteiger partial charge on any atom is -0.339 e. The molecule has 1 heterocycles. The van der Waals surface area contributed by atoms with Crippen LogP contribution in [0.2, 0.25) is 0 Å². The van der Waals surface area contributed by atoms with E-state index >= 15 is 0 Å². The van der Waals surface area contributed by atoms with E-state index in [-0.39, 0.29) is 18.1 Å². The van der Waals surface area contributed by atoms with Crippen molar-refractivity contribution in [1.29, 1.82) is 0 Å². The minimum absolute atomic E-state index is 0.0255. The lowest BCUT2D eigenvalue weighted by molar-refractivity contribution is -0.130. The van der Waals surface area contributed by atoms with Gasteiger partial charge < -0.3 is 4.90 Å². The fourth-order valence-corrected chi connectivity index (χ4v) is 0.624. The molecule has 0 aromatic carbocycles. The van der Waals surface area contributed by atoms with Crippen LogP contribution in [0, 0.1) is 0 Å². The first-order valence-electron chi connectivity index (χ1n) is 2.97. The van der Waals surface area contributed by atoms with Crippen LogP contribution in [0.15, 0.2) is 0 Å². The van der Waals surface area contributed by atoms with Gasteiger partial charge >= 0.3 is 0 Å². The van der Waals surface area contributed by atoms with Crippen LogP contribution in [-0.2, 0) is 9.59 Å². The van der Waals surface area contributed by atoms with Gasteiger partial charge in [-0.2, -0.15) is 0 Å². The van der Waals surface area contributed by atoms with E-state index in [0.717, 1.165) is 13.1 Å². The van der Waals surface area contributed by atoms with Gasteiger partial charge in [0.05, 0.1) is 6.42 Å². The summed E-state index contributed by atoms with van der Waals surface area (Å²) in [6, 6.07) is 0. The van der Waals surface area contributed by atoms with Crippen molar-refractivity contribution >= 4 is 11.7 Å². The van der Waals surface area contributed by atoms with E-state index in [9.17, 15) is 9.59 Å². The Morgan fingerprint density at radius 3 is 2.33 bits per heavy atom. The Hall–Kier alpha value is -0.860. The zero-order chi connectivity index (χ0) is 6.85. The average molecular weight is 127 g/mol. The van der Waals surface area contributed by atoms with Crippen LogP contribution in [0.4, 0.5) is 0 Å². The lowest BCUT2D eigenvalue weighted by atomic mass is 10.3. The second-order valence-corrected chi connectivity index (χ2v) is 2.26. The Bertz CT molecular complexity index is 149. The van der Waals surface area contributed by atoms with E-state index in [1.165, 1.54) is 6.92 Å². The van der Waals surface area contributed by atoms with Crippen LogP contribution in [0.1, 0.15) is 13.3 Å². The molecule has 1 amide bonds. The second kappa shape index (κ2) is 2.17. The number of rotatable bonds is 2. The van der Waals surface area contributed by atoms with E-state index in [4.69, 9.17) is 0 Å². The zero-order valence-corrected chi connectivity index (χ0v) is 5.39. The molecule has 0 N–H and O–H groups in total. The van der Waals surface area contributed by atoms with Crippen LogP contribution >= 0.6 is 0 Å². The molecular formula is C6H9NO2. The highest BCUT2D eigenvalue weighted by Crippen LogP contribution is 2.05. The van der Waals surface area contributed by atoms with Crippen molar-refractivity contribution in [1.82, 2.24) is 4.90 Å². The number of carbonyl (C=O) groups is 2. The molecule has 50 valence electrons. The molecule has 0 atom stereocenters. The zero-order valence-electron chi connectivity index (χ0n) is 5.39. The molecular weight excluding hydrogens is 118 g/mol. The van der Waals surface area contributed by atoms with Crippen LogP contribution in [0.3, 0.4) is 0 Å². The Labute approximate surface area is 53.6 Å². The van der Waals surface area contributed by atoms with Crippen LogP contribution < -0.4 is 0 Å². The van der Waals surface area contributed by atoms with Crippen molar-refractivity contribution in [2.75, 3.05) is 13.1 Å². The fourth-order valence-electron chi connectivity index (χ4n) is 0.624. The van der Waals surface area contributed by atoms with Gasteiger partial charge in [-0.1, -0.05) is 0 Å². The molecule has 1 saturated heterocycles. The highest BCUT2D eigenvalue weighted by Gasteiger charge is 2.24. The molecule has 3 nitrogen and oxygen atoms in total. The molecule has 1 aliphatic rings. The highest BCUT2D eigenvalue weighted by atomic mass is 16.2. The minimum atomic E-state index is -0.0492. The van der Waals surface area contributed by atoms with Crippen LogP contribution in [0.5, 0.6) is 0 Å². The summed E-state index contributed by atoms with van der Waals surface area (Å²) in [5.74, 6) is -0.0746. The molecule has 0 spiro atoms. The molecule has 0 saturated carbocycles. The standard InChI is InChI=1S/C6H9NO2/c1-5(8)4-6(9)7-2-3-7/h2-4H2,1H3. The number of amides is 1. The first-order valence-corrected chi connectivity index (χ1v) is 2.97. The van der Waals surface area contributed by atoms with Crippen molar-refractivity contribution in [3.8, 4) is 0 Å². The molecule has 0 radical (unpaired) electrons. The summed E-state index contributed by atoms with van der Waals surface area (Å²) in [7, 11) is 0. The SMILES string of the molecule is CC(=O)CC(=O)N1CC1. The number of ketones is 1. The van der Waals surface area contributed by atoms with Gasteiger partial charge in [0.1, 0.15) is 5.78 Å². The topological polar surface area (TPSA) is 37.1 Å². The van der Waals surface area contributed by atoms with E-state index in [2.05, 4.69) is 0 Å². The molecule has 9 heavy (non-hydrogen) atoms.